The molecular formula is C21H30N4. The lowest BCUT2D eigenvalue weighted by molar-refractivity contribution is 0.750. The van der Waals surface area contributed by atoms with Crippen molar-refractivity contribution in [2.24, 2.45) is 0 Å². The zero-order valence-electron chi connectivity index (χ0n) is 16.1. The summed E-state index contributed by atoms with van der Waals surface area (Å²) in [6, 6.07) is 9.03. The molecule has 4 nitrogen and oxygen atoms in total. The molecule has 0 spiro atoms. The van der Waals surface area contributed by atoms with Gasteiger partial charge in [0, 0.05) is 23.7 Å². The van der Waals surface area contributed by atoms with Crippen LogP contribution in [0.5, 0.6) is 0 Å². The van der Waals surface area contributed by atoms with E-state index in [1.54, 1.807) is 0 Å². The van der Waals surface area contributed by atoms with E-state index in [1.807, 2.05) is 0 Å². The van der Waals surface area contributed by atoms with E-state index in [0.29, 0.717) is 17.9 Å². The molecule has 0 unspecified atom stereocenters. The van der Waals surface area contributed by atoms with Crippen LogP contribution in [0.15, 0.2) is 24.3 Å². The molecule has 1 aliphatic carbocycles. The van der Waals surface area contributed by atoms with Crippen molar-refractivity contribution in [1.82, 2.24) is 9.97 Å². The number of anilines is 3. The van der Waals surface area contributed by atoms with Crippen LogP contribution in [0.25, 0.3) is 0 Å². The van der Waals surface area contributed by atoms with Crippen LogP contribution in [0.3, 0.4) is 0 Å². The number of hydrogen-bond acceptors (Lipinski definition) is 4. The molecule has 1 aromatic heterocycles. The highest BCUT2D eigenvalue weighted by Gasteiger charge is 2.26. The summed E-state index contributed by atoms with van der Waals surface area (Å²) in [4.78, 5) is 9.40. The fourth-order valence-corrected chi connectivity index (χ4v) is 3.05. The van der Waals surface area contributed by atoms with Crippen molar-refractivity contribution in [1.29, 1.82) is 0 Å². The molecule has 1 atom stereocenters. The minimum Gasteiger partial charge on any atom is -0.352 e. The molecule has 1 saturated carbocycles. The van der Waals surface area contributed by atoms with E-state index >= 15 is 0 Å². The van der Waals surface area contributed by atoms with Gasteiger partial charge >= 0.3 is 0 Å². The predicted molar refractivity (Wildman–Crippen MR) is 106 cm³/mol. The molecule has 1 heterocycles. The number of benzene rings is 1. The molecule has 0 radical (unpaired) electrons. The van der Waals surface area contributed by atoms with Crippen LogP contribution in [-0.2, 0) is 0 Å². The van der Waals surface area contributed by atoms with Crippen molar-refractivity contribution in [2.75, 3.05) is 10.6 Å². The quantitative estimate of drug-likeness (QED) is 0.676. The molecule has 0 amide bonds. The lowest BCUT2D eigenvalue weighted by atomic mass is 9.98. The maximum absolute atomic E-state index is 4.72. The van der Waals surface area contributed by atoms with Crippen molar-refractivity contribution in [3.05, 3.63) is 41.1 Å². The second kappa shape index (κ2) is 7.42. The number of rotatable bonds is 7. The first-order valence-electron chi connectivity index (χ1n) is 9.49. The summed E-state index contributed by atoms with van der Waals surface area (Å²) >= 11 is 0. The van der Waals surface area contributed by atoms with Gasteiger partial charge in [0.05, 0.1) is 5.69 Å². The molecule has 1 aromatic carbocycles. The average molecular weight is 338 g/mol. The van der Waals surface area contributed by atoms with Crippen LogP contribution in [0, 0.1) is 6.92 Å². The first-order valence-corrected chi connectivity index (χ1v) is 9.49. The molecule has 1 fully saturated rings. The molecule has 2 N–H and O–H groups in total. The summed E-state index contributed by atoms with van der Waals surface area (Å²) in [7, 11) is 0. The number of hydrogen-bond donors (Lipinski definition) is 2. The Bertz CT molecular complexity index is 735. The van der Waals surface area contributed by atoms with Crippen LogP contribution in [-0.4, -0.2) is 16.0 Å². The van der Waals surface area contributed by atoms with Crippen molar-refractivity contribution < 1.29 is 0 Å². The number of nitrogens with zero attached hydrogens (tertiary/aromatic N) is 2. The largest absolute Gasteiger partial charge is 0.352 e. The summed E-state index contributed by atoms with van der Waals surface area (Å²) in [5.41, 5.74) is 4.94. The normalized spacial score (nSPS) is 15.3. The van der Waals surface area contributed by atoms with E-state index in [4.69, 9.17) is 4.98 Å². The Hall–Kier alpha value is -2.10. The monoisotopic (exact) mass is 338 g/mol. The summed E-state index contributed by atoms with van der Waals surface area (Å²) < 4.78 is 0. The predicted octanol–water partition coefficient (Wildman–Crippen LogP) is 5.74. The summed E-state index contributed by atoms with van der Waals surface area (Å²) in [5, 5.41) is 6.89. The standard InChI is InChI=1S/C21H30N4/c1-6-15(5)22-21-24-19(16-7-8-16)12-20(25-21)23-17-9-10-18(13(2)3)14(4)11-17/h9-13,15-16H,6-8H2,1-5H3,(H2,22,23,24,25)/t15-/m1/s1. The van der Waals surface area contributed by atoms with Crippen LogP contribution >= 0.6 is 0 Å². The molecular weight excluding hydrogens is 308 g/mol. The zero-order valence-corrected chi connectivity index (χ0v) is 16.1. The van der Waals surface area contributed by atoms with Crippen LogP contribution in [0.4, 0.5) is 17.5 Å². The molecule has 134 valence electrons. The Morgan fingerprint density at radius 2 is 1.88 bits per heavy atom. The van der Waals surface area contributed by atoms with Crippen LogP contribution in [0.2, 0.25) is 0 Å². The van der Waals surface area contributed by atoms with E-state index in [0.717, 1.165) is 29.6 Å². The number of nitrogens with one attached hydrogen (secondary N) is 2. The third kappa shape index (κ3) is 4.50. The van der Waals surface area contributed by atoms with Gasteiger partial charge in [-0.3, -0.25) is 0 Å². The van der Waals surface area contributed by atoms with E-state index in [9.17, 15) is 0 Å². The molecule has 0 bridgehead atoms. The maximum Gasteiger partial charge on any atom is 0.225 e. The average Bonchev–Trinajstić information content (AvgIpc) is 3.39. The topological polar surface area (TPSA) is 49.8 Å². The third-order valence-electron chi connectivity index (χ3n) is 4.89. The fourth-order valence-electron chi connectivity index (χ4n) is 3.05. The third-order valence-corrected chi connectivity index (χ3v) is 4.89. The Balaban J connectivity index is 1.84. The Labute approximate surface area is 151 Å². The van der Waals surface area contributed by atoms with Gasteiger partial charge in [-0.2, -0.15) is 4.98 Å². The minimum absolute atomic E-state index is 0.370. The summed E-state index contributed by atoms with van der Waals surface area (Å²) in [6.45, 7) is 11.0. The van der Waals surface area contributed by atoms with Gasteiger partial charge in [0.2, 0.25) is 5.95 Å². The van der Waals surface area contributed by atoms with Gasteiger partial charge in [-0.1, -0.05) is 26.8 Å². The highest BCUT2D eigenvalue weighted by atomic mass is 15.2. The van der Waals surface area contributed by atoms with Gasteiger partial charge in [0.15, 0.2) is 0 Å². The first-order chi connectivity index (χ1) is 12.0. The van der Waals surface area contributed by atoms with E-state index in [2.05, 4.69) is 74.5 Å². The van der Waals surface area contributed by atoms with Gasteiger partial charge in [-0.15, -0.1) is 0 Å². The molecule has 25 heavy (non-hydrogen) atoms. The molecule has 0 aliphatic heterocycles. The Morgan fingerprint density at radius 3 is 2.48 bits per heavy atom. The molecule has 0 saturated heterocycles. The van der Waals surface area contributed by atoms with Crippen molar-refractivity contribution in [3.8, 4) is 0 Å². The number of aryl methyl sites for hydroxylation is 1. The van der Waals surface area contributed by atoms with Crippen LogP contribution < -0.4 is 10.6 Å². The van der Waals surface area contributed by atoms with Gasteiger partial charge in [-0.05, 0) is 62.3 Å². The van der Waals surface area contributed by atoms with Crippen molar-refractivity contribution >= 4 is 17.5 Å². The summed E-state index contributed by atoms with van der Waals surface area (Å²) in [5.74, 6) is 2.75. The highest BCUT2D eigenvalue weighted by molar-refractivity contribution is 5.60. The molecule has 4 heteroatoms. The SMILES string of the molecule is CC[C@@H](C)Nc1nc(Nc2ccc(C(C)C)c(C)c2)cc(C2CC2)n1. The molecule has 2 aromatic rings. The van der Waals surface area contributed by atoms with E-state index in [-0.39, 0.29) is 0 Å². The van der Waals surface area contributed by atoms with Gasteiger partial charge in [0.1, 0.15) is 5.82 Å². The second-order valence-corrected chi connectivity index (χ2v) is 7.58. The maximum atomic E-state index is 4.72. The molecule has 1 aliphatic rings. The first kappa shape index (κ1) is 17.7. The van der Waals surface area contributed by atoms with Gasteiger partial charge in [-0.25, -0.2) is 4.98 Å². The lowest BCUT2D eigenvalue weighted by Crippen LogP contribution is -2.16. The van der Waals surface area contributed by atoms with E-state index < -0.39 is 0 Å². The molecule has 3 rings (SSSR count). The highest BCUT2D eigenvalue weighted by Crippen LogP contribution is 2.40. The lowest BCUT2D eigenvalue weighted by Gasteiger charge is -2.15. The fraction of sp³-hybridized carbons (Fsp3) is 0.524. The van der Waals surface area contributed by atoms with Crippen molar-refractivity contribution in [3.63, 3.8) is 0 Å². The number of aromatic nitrogens is 2. The van der Waals surface area contributed by atoms with E-state index in [1.165, 1.54) is 24.0 Å². The Morgan fingerprint density at radius 1 is 1.12 bits per heavy atom. The smallest absolute Gasteiger partial charge is 0.225 e. The van der Waals surface area contributed by atoms with Gasteiger partial charge in [0.25, 0.3) is 0 Å². The van der Waals surface area contributed by atoms with Crippen LogP contribution in [0.1, 0.15) is 75.6 Å². The summed E-state index contributed by atoms with van der Waals surface area (Å²) in [6.07, 6.45) is 3.53. The van der Waals surface area contributed by atoms with Gasteiger partial charge < -0.3 is 10.6 Å². The minimum atomic E-state index is 0.370. The zero-order chi connectivity index (χ0) is 18.0. The van der Waals surface area contributed by atoms with Crippen molar-refractivity contribution in [2.45, 2.75) is 71.8 Å². The second-order valence-electron chi connectivity index (χ2n) is 7.58. The Kier molecular flexibility index (Phi) is 5.26.